The quantitative estimate of drug-likeness (QED) is 0.151. The van der Waals surface area contributed by atoms with Gasteiger partial charge in [0.15, 0.2) is 11.9 Å². The van der Waals surface area contributed by atoms with E-state index >= 15 is 0 Å². The van der Waals surface area contributed by atoms with Crippen LogP contribution in [-0.2, 0) is 16.1 Å². The third kappa shape index (κ3) is 3.19. The van der Waals surface area contributed by atoms with E-state index in [0.717, 1.165) is 21.5 Å². The molecule has 0 radical (unpaired) electrons. The van der Waals surface area contributed by atoms with Gasteiger partial charge in [0.25, 0.3) is 0 Å². The monoisotopic (exact) mass is 535 g/mol. The molecule has 3 fully saturated rings. The van der Waals surface area contributed by atoms with E-state index in [0.29, 0.717) is 10.9 Å². The van der Waals surface area contributed by atoms with Crippen LogP contribution >= 0.6 is 0 Å². The van der Waals surface area contributed by atoms with Gasteiger partial charge in [0, 0.05) is 6.42 Å². The number of aliphatic hydroxyl groups excluding tert-OH is 3. The predicted octanol–water partition coefficient (Wildman–Crippen LogP) is 1.35. The molecule has 1 saturated heterocycles. The van der Waals surface area contributed by atoms with E-state index in [1.807, 2.05) is 48.5 Å². The summed E-state index contributed by atoms with van der Waals surface area (Å²) in [6.07, 6.45) is -4.70. The van der Waals surface area contributed by atoms with Crippen LogP contribution in [0.25, 0.3) is 32.4 Å². The third-order valence-electron chi connectivity index (χ3n) is 9.17. The third-order valence-corrected chi connectivity index (χ3v) is 9.17. The van der Waals surface area contributed by atoms with E-state index in [1.165, 1.54) is 0 Å². The molecule has 2 aliphatic carbocycles. The number of nitrogens with one attached hydrogen (secondary N) is 1. The number of aromatic nitrogens is 1. The van der Waals surface area contributed by atoms with Crippen LogP contribution in [0.4, 0.5) is 0 Å². The fourth-order valence-electron chi connectivity index (χ4n) is 7.19. The summed E-state index contributed by atoms with van der Waals surface area (Å²) in [4.78, 5) is 16.6. The highest BCUT2D eigenvalue weighted by Crippen LogP contribution is 2.59. The Kier molecular flexibility index (Phi) is 5.25. The molecule has 2 heterocycles. The molecule has 0 amide bonds. The summed E-state index contributed by atoms with van der Waals surface area (Å²) < 4.78 is 11.4. The number of carbonyl (C=O) groups is 1. The maximum absolute atomic E-state index is 13.5. The molecule has 0 spiro atoms. The summed E-state index contributed by atoms with van der Waals surface area (Å²) >= 11 is 0. The average Bonchev–Trinajstić information content (AvgIpc) is 3.51. The first kappa shape index (κ1) is 24.9. The van der Waals surface area contributed by atoms with Gasteiger partial charge in [-0.2, -0.15) is 0 Å². The minimum absolute atomic E-state index is 0.0379. The van der Waals surface area contributed by atoms with Gasteiger partial charge >= 0.3 is 5.97 Å². The number of fused-ring (bicyclic) bond motifs is 7. The van der Waals surface area contributed by atoms with Gasteiger partial charge in [0.1, 0.15) is 17.3 Å². The highest BCUT2D eigenvalue weighted by molar-refractivity contribution is 6.14. The number of esters is 1. The zero-order valence-corrected chi connectivity index (χ0v) is 20.9. The zero-order valence-electron chi connectivity index (χ0n) is 20.9. The van der Waals surface area contributed by atoms with Crippen LogP contribution in [0.1, 0.15) is 31.4 Å². The Morgan fingerprint density at radius 1 is 1.03 bits per heavy atom. The fraction of sp³-hybridized carbons (Fsp3) is 0.414. The molecular formula is C29H29NO9. The molecule has 7 N–H and O–H groups in total. The minimum Gasteiger partial charge on any atom is -0.422 e. The molecular weight excluding hydrogens is 506 g/mol. The average molecular weight is 536 g/mol. The second kappa shape index (κ2) is 8.21. The topological polar surface area (TPSA) is 173 Å². The van der Waals surface area contributed by atoms with Crippen LogP contribution in [0.3, 0.4) is 0 Å². The summed E-state index contributed by atoms with van der Waals surface area (Å²) in [6.45, 7) is -0.479. The van der Waals surface area contributed by atoms with Crippen LogP contribution in [0, 0.1) is 5.92 Å². The molecule has 10 nitrogen and oxygen atoms in total. The lowest BCUT2D eigenvalue weighted by Gasteiger charge is -2.52. The van der Waals surface area contributed by atoms with Crippen LogP contribution < -0.4 is 4.74 Å². The fourth-order valence-corrected chi connectivity index (χ4v) is 7.19. The van der Waals surface area contributed by atoms with E-state index in [-0.39, 0.29) is 37.1 Å². The molecule has 10 heteroatoms. The number of hydrogen-bond donors (Lipinski definition) is 7. The number of ether oxygens (including phenoxy) is 2. The molecule has 0 unspecified atom stereocenters. The van der Waals surface area contributed by atoms with E-state index in [1.54, 1.807) is 0 Å². The molecule has 1 aliphatic heterocycles. The van der Waals surface area contributed by atoms with Gasteiger partial charge in [-0.25, -0.2) is 4.79 Å². The van der Waals surface area contributed by atoms with Crippen molar-refractivity contribution in [3.8, 4) is 5.75 Å². The summed E-state index contributed by atoms with van der Waals surface area (Å²) in [6, 6.07) is 15.5. The molecule has 7 atom stereocenters. The van der Waals surface area contributed by atoms with Crippen molar-refractivity contribution >= 4 is 38.4 Å². The Hall–Kier alpha value is -3.09. The summed E-state index contributed by atoms with van der Waals surface area (Å²) in [7, 11) is 0. The molecule has 3 aromatic carbocycles. The van der Waals surface area contributed by atoms with E-state index in [9.17, 15) is 35.4 Å². The Labute approximate surface area is 222 Å². The molecule has 0 bridgehead atoms. The van der Waals surface area contributed by atoms with E-state index in [4.69, 9.17) is 9.47 Å². The van der Waals surface area contributed by atoms with Crippen molar-refractivity contribution < 1.29 is 44.9 Å². The molecule has 3 aliphatic rings. The maximum Gasteiger partial charge on any atom is 0.343 e. The van der Waals surface area contributed by atoms with Crippen molar-refractivity contribution in [1.29, 1.82) is 0 Å². The van der Waals surface area contributed by atoms with Crippen molar-refractivity contribution in [3.05, 3.63) is 54.2 Å². The van der Waals surface area contributed by atoms with Gasteiger partial charge in [0.05, 0.1) is 29.3 Å². The second-order valence-electron chi connectivity index (χ2n) is 11.2. The Morgan fingerprint density at radius 3 is 2.51 bits per heavy atom. The van der Waals surface area contributed by atoms with Crippen molar-refractivity contribution in [2.24, 2.45) is 5.92 Å². The van der Waals surface area contributed by atoms with Gasteiger partial charge < -0.3 is 45.1 Å². The SMILES string of the molecule is O=C(Oc1c(CO)[nH]c2ccc3cc4ccccc4cc3c12)[C@@H]1O[C@@]2(O)[C@@]3(O)C[C@@H](O)C[C@@H]3CC[C@@]2(O)[C@H]1O. The maximum atomic E-state index is 13.5. The first-order chi connectivity index (χ1) is 18.6. The number of benzene rings is 3. The number of aliphatic hydroxyl groups is 6. The summed E-state index contributed by atoms with van der Waals surface area (Å²) in [5.74, 6) is -4.35. The highest BCUT2D eigenvalue weighted by atomic mass is 16.7. The smallest absolute Gasteiger partial charge is 0.343 e. The first-order valence-corrected chi connectivity index (χ1v) is 13.1. The van der Waals surface area contributed by atoms with E-state index < -0.39 is 53.8 Å². The van der Waals surface area contributed by atoms with Crippen LogP contribution in [0.5, 0.6) is 5.75 Å². The van der Waals surface area contributed by atoms with Crippen LogP contribution in [-0.4, -0.2) is 76.9 Å². The molecule has 2 saturated carbocycles. The van der Waals surface area contributed by atoms with E-state index in [2.05, 4.69) is 4.98 Å². The standard InChI is InChI=1S/C29H29NO9/c31-13-21-23(22-19-10-15-4-2-1-3-14(15)9-16(19)5-6-20(22)30-21)38-26(34)24-25(33)27(35)8-7-17-11-18(32)12-28(17,36)29(27,37)39-24/h1-6,9-10,17-18,24-25,30-33,35-37H,7-8,11-13H2/t17-,18-,24+,25-,27+,28+,29+/m0/s1. The largest absolute Gasteiger partial charge is 0.422 e. The second-order valence-corrected chi connectivity index (χ2v) is 11.2. The number of aromatic amines is 1. The Bertz CT molecular complexity index is 1650. The highest BCUT2D eigenvalue weighted by Gasteiger charge is 2.78. The predicted molar refractivity (Wildman–Crippen MR) is 139 cm³/mol. The number of rotatable bonds is 3. The van der Waals surface area contributed by atoms with Gasteiger partial charge in [-0.1, -0.05) is 30.3 Å². The number of hydrogen-bond acceptors (Lipinski definition) is 9. The lowest BCUT2D eigenvalue weighted by atomic mass is 9.64. The van der Waals surface area contributed by atoms with Crippen molar-refractivity contribution in [1.82, 2.24) is 4.98 Å². The van der Waals surface area contributed by atoms with Crippen LogP contribution in [0.15, 0.2) is 48.5 Å². The minimum atomic E-state index is -2.70. The first-order valence-electron chi connectivity index (χ1n) is 13.1. The normalized spacial score (nSPS) is 35.9. The Balaban J connectivity index is 1.30. The lowest BCUT2D eigenvalue weighted by molar-refractivity contribution is -0.367. The number of H-pyrrole nitrogens is 1. The van der Waals surface area contributed by atoms with Crippen LogP contribution in [0.2, 0.25) is 0 Å². The molecule has 4 aromatic rings. The summed E-state index contributed by atoms with van der Waals surface area (Å²) in [5.41, 5.74) is -3.60. The Morgan fingerprint density at radius 2 is 1.77 bits per heavy atom. The molecule has 1 aromatic heterocycles. The van der Waals surface area contributed by atoms with Crippen molar-refractivity contribution in [3.63, 3.8) is 0 Å². The van der Waals surface area contributed by atoms with Gasteiger partial charge in [-0.15, -0.1) is 0 Å². The van der Waals surface area contributed by atoms with Gasteiger partial charge in [0.2, 0.25) is 5.79 Å². The number of carbonyl (C=O) groups excluding carboxylic acids is 1. The lowest BCUT2D eigenvalue weighted by Crippen LogP contribution is -2.72. The van der Waals surface area contributed by atoms with Gasteiger partial charge in [-0.3, -0.25) is 0 Å². The molecule has 39 heavy (non-hydrogen) atoms. The zero-order chi connectivity index (χ0) is 27.3. The molecule has 7 rings (SSSR count). The van der Waals surface area contributed by atoms with Gasteiger partial charge in [-0.05, 0) is 64.9 Å². The summed E-state index contributed by atoms with van der Waals surface area (Å²) in [5, 5.41) is 69.7. The van der Waals surface area contributed by atoms with Crippen molar-refractivity contribution in [2.45, 2.75) is 67.6 Å². The van der Waals surface area contributed by atoms with Crippen molar-refractivity contribution in [2.75, 3.05) is 0 Å². The molecule has 204 valence electrons.